The smallest absolute Gasteiger partial charge is 0.123 e. The Balaban J connectivity index is 2.11. The van der Waals surface area contributed by atoms with Crippen LogP contribution in [0.2, 0.25) is 0 Å². The lowest BCUT2D eigenvalue weighted by Gasteiger charge is -2.10. The number of hydrogen-bond donors (Lipinski definition) is 0. The molecule has 2 nitrogen and oxygen atoms in total. The third-order valence-corrected chi connectivity index (χ3v) is 3.55. The molecule has 0 amide bonds. The zero-order valence-electron chi connectivity index (χ0n) is 12.1. The van der Waals surface area contributed by atoms with Gasteiger partial charge in [-0.3, -0.25) is 4.98 Å². The maximum absolute atomic E-state index is 13.1. The Morgan fingerprint density at radius 2 is 1.39 bits per heavy atom. The van der Waals surface area contributed by atoms with Crippen LogP contribution in [-0.4, -0.2) is 4.98 Å². The van der Waals surface area contributed by atoms with Gasteiger partial charge in [0.05, 0.1) is 18.2 Å². The number of nitrogens with zero attached hydrogens (tertiary/aromatic N) is 2. The molecule has 0 fully saturated rings. The van der Waals surface area contributed by atoms with Gasteiger partial charge in [0.25, 0.3) is 0 Å². The van der Waals surface area contributed by atoms with E-state index in [1.807, 2.05) is 6.07 Å². The summed E-state index contributed by atoms with van der Waals surface area (Å²) in [4.78, 5) is 4.36. The number of hydrogen-bond acceptors (Lipinski definition) is 2. The molecule has 0 saturated carbocycles. The molecule has 0 N–H and O–H groups in total. The van der Waals surface area contributed by atoms with Crippen LogP contribution >= 0.6 is 0 Å². The summed E-state index contributed by atoms with van der Waals surface area (Å²) < 4.78 is 26.2. The molecule has 0 aliphatic rings. The molecule has 0 aliphatic carbocycles. The average molecular weight is 306 g/mol. The van der Waals surface area contributed by atoms with Gasteiger partial charge in [0, 0.05) is 17.3 Å². The lowest BCUT2D eigenvalue weighted by atomic mass is 9.98. The van der Waals surface area contributed by atoms with Crippen molar-refractivity contribution in [2.45, 2.75) is 6.42 Å². The van der Waals surface area contributed by atoms with Crippen LogP contribution in [0.4, 0.5) is 8.78 Å². The van der Waals surface area contributed by atoms with Gasteiger partial charge in [-0.15, -0.1) is 0 Å². The van der Waals surface area contributed by atoms with Crippen molar-refractivity contribution in [1.82, 2.24) is 4.98 Å². The summed E-state index contributed by atoms with van der Waals surface area (Å²) in [6, 6.07) is 16.1. The predicted octanol–water partition coefficient (Wildman–Crippen LogP) is 4.76. The van der Waals surface area contributed by atoms with Crippen LogP contribution in [-0.2, 0) is 6.42 Å². The van der Waals surface area contributed by atoms with Crippen molar-refractivity contribution in [3.8, 4) is 28.3 Å². The first kappa shape index (κ1) is 14.9. The van der Waals surface area contributed by atoms with Crippen molar-refractivity contribution in [2.75, 3.05) is 0 Å². The second-order valence-corrected chi connectivity index (χ2v) is 5.07. The Labute approximate surface area is 132 Å². The monoisotopic (exact) mass is 306 g/mol. The average Bonchev–Trinajstić information content (AvgIpc) is 2.57. The summed E-state index contributed by atoms with van der Waals surface area (Å²) in [6.45, 7) is 0. The van der Waals surface area contributed by atoms with Crippen LogP contribution in [0.5, 0.6) is 0 Å². The number of aromatic nitrogens is 1. The van der Waals surface area contributed by atoms with Gasteiger partial charge in [-0.25, -0.2) is 8.78 Å². The fourth-order valence-corrected chi connectivity index (χ4v) is 2.39. The van der Waals surface area contributed by atoms with Gasteiger partial charge >= 0.3 is 0 Å². The van der Waals surface area contributed by atoms with Gasteiger partial charge in [0.1, 0.15) is 11.6 Å². The number of halogens is 2. The Morgan fingerprint density at radius 3 is 1.96 bits per heavy atom. The van der Waals surface area contributed by atoms with E-state index in [1.165, 1.54) is 24.3 Å². The predicted molar refractivity (Wildman–Crippen MR) is 84.3 cm³/mol. The van der Waals surface area contributed by atoms with Crippen molar-refractivity contribution < 1.29 is 8.78 Å². The first-order valence-electron chi connectivity index (χ1n) is 7.05. The minimum Gasteiger partial charge on any atom is -0.259 e. The molecule has 3 aromatic rings. The maximum atomic E-state index is 13.1. The van der Waals surface area contributed by atoms with Gasteiger partial charge in [0.15, 0.2) is 0 Å². The van der Waals surface area contributed by atoms with Crippen molar-refractivity contribution in [3.05, 3.63) is 78.1 Å². The number of rotatable bonds is 3. The Bertz CT molecular complexity index is 863. The molecule has 0 saturated heterocycles. The second kappa shape index (κ2) is 6.37. The van der Waals surface area contributed by atoms with Gasteiger partial charge in [-0.1, -0.05) is 24.3 Å². The molecule has 1 aromatic heterocycles. The largest absolute Gasteiger partial charge is 0.259 e. The van der Waals surface area contributed by atoms with E-state index in [2.05, 4.69) is 11.1 Å². The minimum absolute atomic E-state index is 0.163. The van der Waals surface area contributed by atoms with Crippen LogP contribution in [0.15, 0.2) is 60.8 Å². The van der Waals surface area contributed by atoms with Crippen LogP contribution in [0.3, 0.4) is 0 Å². The van der Waals surface area contributed by atoms with E-state index in [1.54, 1.807) is 30.5 Å². The highest BCUT2D eigenvalue weighted by Gasteiger charge is 2.10. The molecule has 3 rings (SSSR count). The SMILES string of the molecule is N#CCc1ncc(-c2ccc(F)cc2)cc1-c1ccc(F)cc1. The van der Waals surface area contributed by atoms with Gasteiger partial charge in [-0.05, 0) is 41.5 Å². The molecule has 0 unspecified atom stereocenters. The fourth-order valence-electron chi connectivity index (χ4n) is 2.39. The number of nitriles is 1. The molecule has 0 spiro atoms. The molecule has 23 heavy (non-hydrogen) atoms. The van der Waals surface area contributed by atoms with E-state index < -0.39 is 0 Å². The molecule has 1 heterocycles. The summed E-state index contributed by atoms with van der Waals surface area (Å²) >= 11 is 0. The van der Waals surface area contributed by atoms with Gasteiger partial charge in [-0.2, -0.15) is 5.26 Å². The van der Waals surface area contributed by atoms with Crippen molar-refractivity contribution in [3.63, 3.8) is 0 Å². The molecule has 2 aromatic carbocycles. The molecule has 0 atom stereocenters. The molecule has 112 valence electrons. The Hall–Kier alpha value is -3.06. The minimum atomic E-state index is -0.321. The lowest BCUT2D eigenvalue weighted by molar-refractivity contribution is 0.627. The zero-order chi connectivity index (χ0) is 16.2. The molecule has 4 heteroatoms. The van der Waals surface area contributed by atoms with E-state index in [0.29, 0.717) is 5.69 Å². The number of pyridine rings is 1. The van der Waals surface area contributed by atoms with Crippen LogP contribution < -0.4 is 0 Å². The molecule has 0 bridgehead atoms. The summed E-state index contributed by atoms with van der Waals surface area (Å²) in [7, 11) is 0. The fraction of sp³-hybridized carbons (Fsp3) is 0.0526. The molecular formula is C19H12F2N2. The van der Waals surface area contributed by atoms with E-state index in [0.717, 1.165) is 22.3 Å². The van der Waals surface area contributed by atoms with Crippen LogP contribution in [0.1, 0.15) is 5.69 Å². The normalized spacial score (nSPS) is 10.3. The molecular weight excluding hydrogens is 294 g/mol. The Morgan fingerprint density at radius 1 is 0.826 bits per heavy atom. The van der Waals surface area contributed by atoms with E-state index >= 15 is 0 Å². The molecule has 0 radical (unpaired) electrons. The zero-order valence-corrected chi connectivity index (χ0v) is 12.1. The van der Waals surface area contributed by atoms with E-state index in [-0.39, 0.29) is 18.1 Å². The lowest BCUT2D eigenvalue weighted by Crippen LogP contribution is -1.95. The van der Waals surface area contributed by atoms with Gasteiger partial charge < -0.3 is 0 Å². The summed E-state index contributed by atoms with van der Waals surface area (Å²) in [5.74, 6) is -0.625. The van der Waals surface area contributed by atoms with Crippen molar-refractivity contribution in [2.24, 2.45) is 0 Å². The van der Waals surface area contributed by atoms with Crippen molar-refractivity contribution in [1.29, 1.82) is 5.26 Å². The maximum Gasteiger partial charge on any atom is 0.123 e. The third-order valence-electron chi connectivity index (χ3n) is 3.55. The van der Waals surface area contributed by atoms with E-state index in [9.17, 15) is 8.78 Å². The topological polar surface area (TPSA) is 36.7 Å². The van der Waals surface area contributed by atoms with Crippen LogP contribution in [0, 0.1) is 23.0 Å². The highest BCUT2D eigenvalue weighted by molar-refractivity contribution is 5.74. The summed E-state index contributed by atoms with van der Waals surface area (Å²) in [5, 5.41) is 8.96. The summed E-state index contributed by atoms with van der Waals surface area (Å²) in [5.41, 5.74) is 3.82. The standard InChI is InChI=1S/C19H12F2N2/c20-16-5-1-13(2-6-16)15-11-18(19(9-10-22)23-12-15)14-3-7-17(21)8-4-14/h1-8,11-12H,9H2. The highest BCUT2D eigenvalue weighted by Crippen LogP contribution is 2.28. The summed E-state index contributed by atoms with van der Waals surface area (Å²) in [6.07, 6.45) is 1.82. The molecule has 0 aliphatic heterocycles. The third kappa shape index (κ3) is 3.24. The van der Waals surface area contributed by atoms with Crippen LogP contribution in [0.25, 0.3) is 22.3 Å². The Kier molecular flexibility index (Phi) is 4.11. The first-order chi connectivity index (χ1) is 11.2. The second-order valence-electron chi connectivity index (χ2n) is 5.07. The quantitative estimate of drug-likeness (QED) is 0.699. The van der Waals surface area contributed by atoms with Crippen molar-refractivity contribution >= 4 is 0 Å². The van der Waals surface area contributed by atoms with Gasteiger partial charge in [0.2, 0.25) is 0 Å². The first-order valence-corrected chi connectivity index (χ1v) is 7.05. The number of benzene rings is 2. The highest BCUT2D eigenvalue weighted by atomic mass is 19.1. The van der Waals surface area contributed by atoms with E-state index in [4.69, 9.17) is 5.26 Å².